The van der Waals surface area contributed by atoms with Crippen molar-refractivity contribution in [2.45, 2.75) is 6.92 Å². The predicted molar refractivity (Wildman–Crippen MR) is 110 cm³/mol. The van der Waals surface area contributed by atoms with Gasteiger partial charge in [0.25, 0.3) is 11.2 Å². The molecule has 0 aliphatic heterocycles. The van der Waals surface area contributed by atoms with Gasteiger partial charge in [-0.2, -0.15) is 9.78 Å². The highest BCUT2D eigenvalue weighted by Crippen LogP contribution is 2.35. The van der Waals surface area contributed by atoms with Crippen LogP contribution < -0.4 is 5.56 Å². The quantitative estimate of drug-likeness (QED) is 0.296. The number of benzene rings is 2. The smallest absolute Gasteiger partial charge is 0.267 e. The molecule has 2 heterocycles. The van der Waals surface area contributed by atoms with Gasteiger partial charge in [0.05, 0.1) is 16.5 Å². The fourth-order valence-corrected chi connectivity index (χ4v) is 3.94. The number of thiophene rings is 1. The van der Waals surface area contributed by atoms with E-state index in [9.17, 15) is 14.9 Å². The zero-order chi connectivity index (χ0) is 19.7. The molecular weight excluding hydrogens is 376 g/mol. The zero-order valence-electron chi connectivity index (χ0n) is 14.8. The van der Waals surface area contributed by atoms with Gasteiger partial charge in [-0.3, -0.25) is 14.9 Å². The number of aromatic nitrogens is 2. The molecule has 0 atom stereocenters. The number of rotatable bonds is 4. The first-order valence-electron chi connectivity index (χ1n) is 8.39. The van der Waals surface area contributed by atoms with E-state index in [1.807, 2.05) is 37.3 Å². The fourth-order valence-electron chi connectivity index (χ4n) is 2.94. The van der Waals surface area contributed by atoms with Crippen molar-refractivity contribution in [1.82, 2.24) is 9.66 Å². The van der Waals surface area contributed by atoms with Gasteiger partial charge in [0.2, 0.25) is 0 Å². The molecule has 0 fully saturated rings. The minimum atomic E-state index is -0.465. The Kier molecular flexibility index (Phi) is 4.54. The molecule has 0 aliphatic carbocycles. The van der Waals surface area contributed by atoms with E-state index in [4.69, 9.17) is 0 Å². The molecule has 8 heteroatoms. The number of fused-ring (bicyclic) bond motifs is 1. The van der Waals surface area contributed by atoms with Crippen LogP contribution in [0.1, 0.15) is 10.4 Å². The SMILES string of the molecule is Cc1sc2ncn(/N=C\c3ccc([N+](=O)[O-])cc3)c(=O)c2c1-c1ccccc1. The first-order valence-corrected chi connectivity index (χ1v) is 9.21. The van der Waals surface area contributed by atoms with Crippen LogP contribution in [-0.2, 0) is 0 Å². The Hall–Kier alpha value is -3.65. The van der Waals surface area contributed by atoms with Gasteiger partial charge >= 0.3 is 0 Å². The zero-order valence-corrected chi connectivity index (χ0v) is 15.6. The molecule has 0 aliphatic rings. The molecule has 4 rings (SSSR count). The molecule has 0 saturated heterocycles. The van der Waals surface area contributed by atoms with Crippen molar-refractivity contribution in [2.24, 2.45) is 5.10 Å². The second-order valence-corrected chi connectivity index (χ2v) is 7.27. The molecule has 4 aromatic rings. The molecule has 0 radical (unpaired) electrons. The van der Waals surface area contributed by atoms with Crippen molar-refractivity contribution in [1.29, 1.82) is 0 Å². The maximum Gasteiger partial charge on any atom is 0.283 e. The highest BCUT2D eigenvalue weighted by molar-refractivity contribution is 7.19. The summed E-state index contributed by atoms with van der Waals surface area (Å²) < 4.78 is 1.18. The fraction of sp³-hybridized carbons (Fsp3) is 0.0500. The number of nitro groups is 1. The van der Waals surface area contributed by atoms with Gasteiger partial charge in [-0.05, 0) is 30.2 Å². The van der Waals surface area contributed by atoms with Crippen LogP contribution in [0.3, 0.4) is 0 Å². The summed E-state index contributed by atoms with van der Waals surface area (Å²) in [5.41, 5.74) is 2.22. The highest BCUT2D eigenvalue weighted by Gasteiger charge is 2.16. The maximum atomic E-state index is 13.0. The first-order chi connectivity index (χ1) is 13.5. The van der Waals surface area contributed by atoms with Crippen molar-refractivity contribution in [2.75, 3.05) is 0 Å². The minimum absolute atomic E-state index is 0.00125. The number of aryl methyl sites for hydroxylation is 1. The van der Waals surface area contributed by atoms with E-state index < -0.39 is 4.92 Å². The number of nitro benzene ring substituents is 1. The molecule has 0 bridgehead atoms. The summed E-state index contributed by atoms with van der Waals surface area (Å²) in [7, 11) is 0. The summed E-state index contributed by atoms with van der Waals surface area (Å²) in [6.45, 7) is 1.97. The maximum absolute atomic E-state index is 13.0. The van der Waals surface area contributed by atoms with E-state index in [1.54, 1.807) is 12.1 Å². The molecule has 28 heavy (non-hydrogen) atoms. The van der Waals surface area contributed by atoms with Crippen LogP contribution in [0, 0.1) is 17.0 Å². The van der Waals surface area contributed by atoms with E-state index in [0.29, 0.717) is 15.8 Å². The summed E-state index contributed by atoms with van der Waals surface area (Å²) in [4.78, 5) is 29.4. The second-order valence-electron chi connectivity index (χ2n) is 6.07. The Morgan fingerprint density at radius 3 is 2.54 bits per heavy atom. The summed E-state index contributed by atoms with van der Waals surface area (Å²) in [6.07, 6.45) is 2.86. The normalized spacial score (nSPS) is 11.3. The van der Waals surface area contributed by atoms with Gasteiger partial charge in [-0.15, -0.1) is 11.3 Å². The van der Waals surface area contributed by atoms with Gasteiger partial charge in [0.15, 0.2) is 0 Å². The lowest BCUT2D eigenvalue weighted by Gasteiger charge is -2.02. The molecule has 138 valence electrons. The number of nitrogens with zero attached hydrogens (tertiary/aromatic N) is 4. The summed E-state index contributed by atoms with van der Waals surface area (Å²) in [5, 5.41) is 15.5. The minimum Gasteiger partial charge on any atom is -0.267 e. The summed E-state index contributed by atoms with van der Waals surface area (Å²) in [5.74, 6) is 0. The molecule has 2 aromatic carbocycles. The van der Waals surface area contributed by atoms with Crippen LogP contribution in [-0.4, -0.2) is 20.8 Å². The lowest BCUT2D eigenvalue weighted by molar-refractivity contribution is -0.384. The van der Waals surface area contributed by atoms with Gasteiger partial charge in [-0.1, -0.05) is 30.3 Å². The van der Waals surface area contributed by atoms with Crippen molar-refractivity contribution in [3.63, 3.8) is 0 Å². The third-order valence-corrected chi connectivity index (χ3v) is 5.28. The Labute approximate surface area is 163 Å². The summed E-state index contributed by atoms with van der Waals surface area (Å²) in [6, 6.07) is 15.6. The third kappa shape index (κ3) is 3.21. The van der Waals surface area contributed by atoms with E-state index in [1.165, 1.54) is 40.7 Å². The molecular formula is C20H14N4O3S. The molecule has 2 aromatic heterocycles. The third-order valence-electron chi connectivity index (χ3n) is 4.27. The Bertz CT molecular complexity index is 1260. The molecule has 0 saturated carbocycles. The predicted octanol–water partition coefficient (Wildman–Crippen LogP) is 4.22. The average Bonchev–Trinajstić information content (AvgIpc) is 3.05. The first kappa shape index (κ1) is 17.7. The number of hydrogen-bond donors (Lipinski definition) is 0. The van der Waals surface area contributed by atoms with Crippen LogP contribution in [0.4, 0.5) is 5.69 Å². The van der Waals surface area contributed by atoms with Crippen LogP contribution in [0.2, 0.25) is 0 Å². The average molecular weight is 390 g/mol. The van der Waals surface area contributed by atoms with Gasteiger partial charge in [0.1, 0.15) is 11.2 Å². The molecule has 0 unspecified atom stereocenters. The van der Waals surface area contributed by atoms with Gasteiger partial charge in [-0.25, -0.2) is 4.98 Å². The lowest BCUT2D eigenvalue weighted by Crippen LogP contribution is -2.16. The standard InChI is InChI=1S/C20H14N4O3S/c1-13-17(15-5-3-2-4-6-15)18-19(28-13)21-12-23(20(18)25)22-11-14-7-9-16(10-8-14)24(26)27/h2-12H,1H3/b22-11-. The van der Waals surface area contributed by atoms with Crippen molar-refractivity contribution in [3.8, 4) is 11.1 Å². The monoisotopic (exact) mass is 390 g/mol. The van der Waals surface area contributed by atoms with E-state index in [0.717, 1.165) is 16.0 Å². The van der Waals surface area contributed by atoms with Gasteiger partial charge in [0, 0.05) is 22.6 Å². The Balaban J connectivity index is 1.78. The summed E-state index contributed by atoms with van der Waals surface area (Å²) >= 11 is 1.48. The largest absolute Gasteiger partial charge is 0.283 e. The highest BCUT2D eigenvalue weighted by atomic mass is 32.1. The van der Waals surface area contributed by atoms with Crippen LogP contribution >= 0.6 is 11.3 Å². The topological polar surface area (TPSA) is 90.4 Å². The molecule has 0 N–H and O–H groups in total. The Morgan fingerprint density at radius 2 is 1.86 bits per heavy atom. The van der Waals surface area contributed by atoms with Crippen LogP contribution in [0.25, 0.3) is 21.3 Å². The second kappa shape index (κ2) is 7.16. The molecule has 0 amide bonds. The van der Waals surface area contributed by atoms with E-state index >= 15 is 0 Å². The number of non-ortho nitro benzene ring substituents is 1. The van der Waals surface area contributed by atoms with E-state index in [2.05, 4.69) is 10.1 Å². The molecule has 0 spiro atoms. The van der Waals surface area contributed by atoms with Crippen LogP contribution in [0.15, 0.2) is 70.8 Å². The van der Waals surface area contributed by atoms with Gasteiger partial charge < -0.3 is 0 Å². The van der Waals surface area contributed by atoms with Crippen molar-refractivity contribution in [3.05, 3.63) is 91.8 Å². The lowest BCUT2D eigenvalue weighted by atomic mass is 10.0. The Morgan fingerprint density at radius 1 is 1.14 bits per heavy atom. The van der Waals surface area contributed by atoms with E-state index in [-0.39, 0.29) is 11.2 Å². The molecule has 7 nitrogen and oxygen atoms in total. The van der Waals surface area contributed by atoms with Crippen LogP contribution in [0.5, 0.6) is 0 Å². The van der Waals surface area contributed by atoms with Crippen molar-refractivity contribution < 1.29 is 4.92 Å². The van der Waals surface area contributed by atoms with Crippen molar-refractivity contribution >= 4 is 33.5 Å². The number of hydrogen-bond acceptors (Lipinski definition) is 6.